The molecule has 0 aromatic rings. The SMILES string of the molecule is NC(=O)CCCCCCCCCN=O. The minimum atomic E-state index is -0.206. The van der Waals surface area contributed by atoms with Gasteiger partial charge in [-0.3, -0.25) is 4.79 Å². The fourth-order valence-corrected chi connectivity index (χ4v) is 1.36. The maximum absolute atomic E-state index is 10.4. The molecule has 0 rings (SSSR count). The van der Waals surface area contributed by atoms with Crippen LogP contribution in [0.2, 0.25) is 0 Å². The first-order valence-corrected chi connectivity index (χ1v) is 5.35. The number of rotatable bonds is 10. The highest BCUT2D eigenvalue weighted by atomic mass is 16.3. The van der Waals surface area contributed by atoms with E-state index in [0.717, 1.165) is 38.5 Å². The molecule has 0 atom stereocenters. The zero-order valence-electron chi connectivity index (χ0n) is 8.71. The highest BCUT2D eigenvalue weighted by molar-refractivity contribution is 5.73. The van der Waals surface area contributed by atoms with Gasteiger partial charge in [0.2, 0.25) is 5.91 Å². The van der Waals surface area contributed by atoms with E-state index in [2.05, 4.69) is 5.18 Å². The number of carbonyl (C=O) groups excluding carboxylic acids is 1. The second-order valence-electron chi connectivity index (χ2n) is 3.54. The fourth-order valence-electron chi connectivity index (χ4n) is 1.36. The van der Waals surface area contributed by atoms with E-state index in [9.17, 15) is 9.70 Å². The Bertz CT molecular complexity index is 160. The quantitative estimate of drug-likeness (QED) is 0.434. The molecule has 2 N–H and O–H groups in total. The van der Waals surface area contributed by atoms with Gasteiger partial charge in [-0.25, -0.2) is 0 Å². The number of nitroso groups, excluding NO2 is 1. The van der Waals surface area contributed by atoms with Gasteiger partial charge in [0.1, 0.15) is 0 Å². The van der Waals surface area contributed by atoms with Crippen molar-refractivity contribution >= 4 is 5.91 Å². The van der Waals surface area contributed by atoms with Gasteiger partial charge in [0.05, 0.1) is 6.54 Å². The highest BCUT2D eigenvalue weighted by Gasteiger charge is 1.94. The predicted molar refractivity (Wildman–Crippen MR) is 56.8 cm³/mol. The Balaban J connectivity index is 2.92. The standard InChI is InChI=1S/C10H20N2O2/c11-10(13)8-6-4-2-1-3-5-7-9-12-14/h1-9H2,(H2,11,13). The van der Waals surface area contributed by atoms with Gasteiger partial charge < -0.3 is 5.73 Å². The lowest BCUT2D eigenvalue weighted by Crippen LogP contribution is -2.09. The highest BCUT2D eigenvalue weighted by Crippen LogP contribution is 2.08. The Morgan fingerprint density at radius 2 is 1.43 bits per heavy atom. The van der Waals surface area contributed by atoms with Crippen molar-refractivity contribution in [3.8, 4) is 0 Å². The van der Waals surface area contributed by atoms with E-state index in [4.69, 9.17) is 5.73 Å². The lowest BCUT2D eigenvalue weighted by atomic mass is 10.1. The van der Waals surface area contributed by atoms with Crippen molar-refractivity contribution < 1.29 is 4.79 Å². The van der Waals surface area contributed by atoms with Crippen molar-refractivity contribution in [1.82, 2.24) is 0 Å². The first kappa shape index (κ1) is 13.1. The van der Waals surface area contributed by atoms with Gasteiger partial charge in [0, 0.05) is 6.42 Å². The van der Waals surface area contributed by atoms with Crippen LogP contribution < -0.4 is 5.73 Å². The summed E-state index contributed by atoms with van der Waals surface area (Å²) in [6.45, 7) is 0.446. The molecule has 0 aromatic heterocycles. The van der Waals surface area contributed by atoms with Crippen LogP contribution in [0.15, 0.2) is 5.18 Å². The number of nitrogens with two attached hydrogens (primary N) is 1. The second-order valence-corrected chi connectivity index (χ2v) is 3.54. The van der Waals surface area contributed by atoms with E-state index in [0.29, 0.717) is 13.0 Å². The zero-order valence-corrected chi connectivity index (χ0v) is 8.71. The average molecular weight is 200 g/mol. The first-order valence-electron chi connectivity index (χ1n) is 5.35. The van der Waals surface area contributed by atoms with Crippen molar-refractivity contribution in [2.45, 2.75) is 51.4 Å². The van der Waals surface area contributed by atoms with Crippen LogP contribution in [0.4, 0.5) is 0 Å². The van der Waals surface area contributed by atoms with Gasteiger partial charge in [-0.15, -0.1) is 0 Å². The summed E-state index contributed by atoms with van der Waals surface area (Å²) in [4.78, 5) is 20.1. The molecule has 1 amide bonds. The van der Waals surface area contributed by atoms with E-state index in [1.54, 1.807) is 0 Å². The molecule has 14 heavy (non-hydrogen) atoms. The van der Waals surface area contributed by atoms with Crippen LogP contribution in [0.25, 0.3) is 0 Å². The van der Waals surface area contributed by atoms with Gasteiger partial charge in [-0.05, 0) is 12.8 Å². The summed E-state index contributed by atoms with van der Waals surface area (Å²) in [6, 6.07) is 0. The summed E-state index contributed by atoms with van der Waals surface area (Å²) in [5, 5.41) is 2.80. The second kappa shape index (κ2) is 10.2. The normalized spacial score (nSPS) is 10.0. The van der Waals surface area contributed by atoms with Gasteiger partial charge in [-0.2, -0.15) is 4.91 Å². The minimum Gasteiger partial charge on any atom is -0.370 e. The monoisotopic (exact) mass is 200 g/mol. The number of hydrogen-bond acceptors (Lipinski definition) is 3. The lowest BCUT2D eigenvalue weighted by Gasteiger charge is -1.99. The maximum atomic E-state index is 10.4. The van der Waals surface area contributed by atoms with Crippen molar-refractivity contribution in [3.63, 3.8) is 0 Å². The third kappa shape index (κ3) is 11.1. The average Bonchev–Trinajstić information content (AvgIpc) is 2.15. The molecule has 0 aliphatic carbocycles. The van der Waals surface area contributed by atoms with Gasteiger partial charge >= 0.3 is 0 Å². The summed E-state index contributed by atoms with van der Waals surface area (Å²) in [7, 11) is 0. The van der Waals surface area contributed by atoms with Crippen LogP contribution in [-0.4, -0.2) is 12.5 Å². The van der Waals surface area contributed by atoms with E-state index < -0.39 is 0 Å². The number of amides is 1. The molecule has 0 heterocycles. The smallest absolute Gasteiger partial charge is 0.217 e. The van der Waals surface area contributed by atoms with Gasteiger partial charge in [-0.1, -0.05) is 37.3 Å². The molecule has 0 saturated heterocycles. The third-order valence-electron chi connectivity index (χ3n) is 2.17. The zero-order chi connectivity index (χ0) is 10.6. The molecule has 82 valence electrons. The van der Waals surface area contributed by atoms with E-state index in [1.807, 2.05) is 0 Å². The first-order chi connectivity index (χ1) is 6.77. The van der Waals surface area contributed by atoms with E-state index in [-0.39, 0.29) is 5.91 Å². The van der Waals surface area contributed by atoms with Crippen LogP contribution in [-0.2, 0) is 4.79 Å². The number of primary amides is 1. The Morgan fingerprint density at radius 1 is 0.929 bits per heavy atom. The van der Waals surface area contributed by atoms with Crippen molar-refractivity contribution in [2.24, 2.45) is 10.9 Å². The summed E-state index contributed by atoms with van der Waals surface area (Å²) >= 11 is 0. The molecule has 0 radical (unpaired) electrons. The minimum absolute atomic E-state index is 0.206. The number of nitrogens with zero attached hydrogens (tertiary/aromatic N) is 1. The molecular formula is C10H20N2O2. The topological polar surface area (TPSA) is 72.5 Å². The summed E-state index contributed by atoms with van der Waals surface area (Å²) in [6.07, 6.45) is 7.98. The molecule has 0 spiro atoms. The van der Waals surface area contributed by atoms with E-state index in [1.165, 1.54) is 6.42 Å². The molecule has 4 nitrogen and oxygen atoms in total. The lowest BCUT2D eigenvalue weighted by molar-refractivity contribution is -0.118. The Hall–Kier alpha value is -0.930. The van der Waals surface area contributed by atoms with E-state index >= 15 is 0 Å². The van der Waals surface area contributed by atoms with Gasteiger partial charge in [0.15, 0.2) is 0 Å². The molecular weight excluding hydrogens is 180 g/mol. The summed E-state index contributed by atoms with van der Waals surface area (Å²) in [5.74, 6) is -0.206. The Morgan fingerprint density at radius 3 is 1.93 bits per heavy atom. The third-order valence-corrected chi connectivity index (χ3v) is 2.17. The molecule has 0 saturated carbocycles. The van der Waals surface area contributed by atoms with Crippen molar-refractivity contribution in [3.05, 3.63) is 4.91 Å². The number of hydrogen-bond donors (Lipinski definition) is 1. The van der Waals surface area contributed by atoms with Crippen LogP contribution in [0.1, 0.15) is 51.4 Å². The van der Waals surface area contributed by atoms with Gasteiger partial charge in [0.25, 0.3) is 0 Å². The predicted octanol–water partition coefficient (Wildman–Crippen LogP) is 2.36. The maximum Gasteiger partial charge on any atom is 0.217 e. The molecule has 0 aromatic carbocycles. The molecule has 0 aliphatic heterocycles. The summed E-state index contributed by atoms with van der Waals surface area (Å²) in [5.41, 5.74) is 5.01. The van der Waals surface area contributed by atoms with Crippen molar-refractivity contribution in [2.75, 3.05) is 6.54 Å². The largest absolute Gasteiger partial charge is 0.370 e. The van der Waals surface area contributed by atoms with Crippen LogP contribution in [0, 0.1) is 4.91 Å². The molecule has 0 fully saturated rings. The molecule has 0 aliphatic rings. The molecule has 0 bridgehead atoms. The Labute approximate surface area is 85.2 Å². The van der Waals surface area contributed by atoms with Crippen LogP contribution >= 0.6 is 0 Å². The Kier molecular flexibility index (Phi) is 9.48. The summed E-state index contributed by atoms with van der Waals surface area (Å²) < 4.78 is 0. The molecule has 4 heteroatoms. The number of unbranched alkanes of at least 4 members (excludes halogenated alkanes) is 6. The van der Waals surface area contributed by atoms with Crippen LogP contribution in [0.5, 0.6) is 0 Å². The fraction of sp³-hybridized carbons (Fsp3) is 0.900. The molecule has 0 unspecified atom stereocenters. The van der Waals surface area contributed by atoms with Crippen LogP contribution in [0.3, 0.4) is 0 Å². The van der Waals surface area contributed by atoms with Crippen molar-refractivity contribution in [1.29, 1.82) is 0 Å². The number of carbonyl (C=O) groups is 1.